The molecule has 1 fully saturated rings. The highest BCUT2D eigenvalue weighted by Gasteiger charge is 2.66. The lowest BCUT2D eigenvalue weighted by Crippen LogP contribution is -2.46. The molecule has 0 bridgehead atoms. The molecule has 3 aromatic rings. The quantitative estimate of drug-likeness (QED) is 0.276. The lowest BCUT2D eigenvalue weighted by molar-refractivity contribution is -0.143. The minimum Gasteiger partial charge on any atom is -0.480 e. The Morgan fingerprint density at radius 3 is 2.41 bits per heavy atom. The third-order valence-corrected chi connectivity index (χ3v) is 8.57. The monoisotopic (exact) mass is 562 g/mol. The molecule has 3 unspecified atom stereocenters. The van der Waals surface area contributed by atoms with E-state index in [0.717, 1.165) is 16.7 Å². The average molecular weight is 563 g/mol. The van der Waals surface area contributed by atoms with Crippen LogP contribution < -0.4 is 0 Å². The number of hydrogen-bond donors (Lipinski definition) is 2. The first-order valence-electron chi connectivity index (χ1n) is 12.1. The third kappa shape index (κ3) is 5.93. The van der Waals surface area contributed by atoms with E-state index in [0.29, 0.717) is 9.93 Å². The normalized spacial score (nSPS) is 19.9. The number of carbonyl (C=O) groups is 2. The van der Waals surface area contributed by atoms with E-state index in [1.54, 1.807) is 30.3 Å². The number of carboxylic acid groups (broad SMARTS) is 2. The van der Waals surface area contributed by atoms with Gasteiger partial charge in [-0.25, -0.2) is 9.00 Å². The van der Waals surface area contributed by atoms with Gasteiger partial charge in [-0.1, -0.05) is 72.8 Å². The summed E-state index contributed by atoms with van der Waals surface area (Å²) < 4.78 is 15.4. The number of carboxylic acids is 2. The Labute approximate surface area is 234 Å². The van der Waals surface area contributed by atoms with E-state index in [-0.39, 0.29) is 24.2 Å². The first-order chi connectivity index (χ1) is 18.7. The molecule has 1 saturated carbocycles. The van der Waals surface area contributed by atoms with Gasteiger partial charge in [0.15, 0.2) is 0 Å². The SMILES string of the molecule is C=C/C(Cl)=C\C=C(/C)c1ccc(S(=O)N(Cc2ncccc2C(=O)O)C2(C(=O)O)CC2c2ccccc2)cc1. The average Bonchev–Trinajstić information content (AvgIpc) is 3.72. The molecule has 200 valence electrons. The smallest absolute Gasteiger partial charge is 0.337 e. The molecule has 0 saturated heterocycles. The molecular formula is C30H27ClN2O5S. The van der Waals surface area contributed by atoms with Crippen LogP contribution >= 0.6 is 11.6 Å². The van der Waals surface area contributed by atoms with Crippen LogP contribution in [-0.2, 0) is 22.3 Å². The second-order valence-electron chi connectivity index (χ2n) is 9.12. The Morgan fingerprint density at radius 1 is 1.10 bits per heavy atom. The van der Waals surface area contributed by atoms with Gasteiger partial charge >= 0.3 is 11.9 Å². The first-order valence-corrected chi connectivity index (χ1v) is 13.6. The van der Waals surface area contributed by atoms with Crippen molar-refractivity contribution in [2.45, 2.75) is 36.2 Å². The van der Waals surface area contributed by atoms with Gasteiger partial charge in [-0.15, -0.1) is 0 Å². The summed E-state index contributed by atoms with van der Waals surface area (Å²) in [6.07, 6.45) is 6.75. The summed E-state index contributed by atoms with van der Waals surface area (Å²) >= 11 is 5.99. The Morgan fingerprint density at radius 2 is 1.79 bits per heavy atom. The van der Waals surface area contributed by atoms with Gasteiger partial charge in [-0.3, -0.25) is 9.78 Å². The molecule has 1 heterocycles. The predicted molar refractivity (Wildman–Crippen MR) is 152 cm³/mol. The second kappa shape index (κ2) is 11.9. The number of halogens is 1. The van der Waals surface area contributed by atoms with Crippen molar-refractivity contribution in [3.05, 3.63) is 125 Å². The fourth-order valence-electron chi connectivity index (χ4n) is 4.52. The van der Waals surface area contributed by atoms with Crippen LogP contribution in [0.15, 0.2) is 108 Å². The van der Waals surface area contributed by atoms with E-state index < -0.39 is 34.4 Å². The van der Waals surface area contributed by atoms with Crippen molar-refractivity contribution in [3.8, 4) is 0 Å². The van der Waals surface area contributed by atoms with Gasteiger partial charge < -0.3 is 10.2 Å². The Hall–Kier alpha value is -3.85. The predicted octanol–water partition coefficient (Wildman–Crippen LogP) is 6.03. The summed E-state index contributed by atoms with van der Waals surface area (Å²) in [7, 11) is -1.95. The minimum atomic E-state index is -1.95. The molecule has 9 heteroatoms. The molecule has 0 radical (unpaired) electrons. The number of allylic oxidation sites excluding steroid dienone is 5. The van der Waals surface area contributed by atoms with Crippen molar-refractivity contribution < 1.29 is 24.0 Å². The second-order valence-corrected chi connectivity index (χ2v) is 11.0. The molecule has 39 heavy (non-hydrogen) atoms. The number of aromatic carboxylic acids is 1. The van der Waals surface area contributed by atoms with Crippen LogP contribution in [0.3, 0.4) is 0 Å². The Bertz CT molecular complexity index is 1490. The summed E-state index contributed by atoms with van der Waals surface area (Å²) in [6.45, 7) is 5.30. The number of rotatable bonds is 11. The van der Waals surface area contributed by atoms with E-state index in [1.807, 2.05) is 43.3 Å². The minimum absolute atomic E-state index is 0.0701. The Kier molecular flexibility index (Phi) is 8.60. The summed E-state index contributed by atoms with van der Waals surface area (Å²) in [4.78, 5) is 29.3. The van der Waals surface area contributed by atoms with Crippen LogP contribution in [0.2, 0.25) is 0 Å². The van der Waals surface area contributed by atoms with Gasteiger partial charge in [0.1, 0.15) is 16.5 Å². The fourth-order valence-corrected chi connectivity index (χ4v) is 6.02. The van der Waals surface area contributed by atoms with Crippen molar-refractivity contribution in [2.24, 2.45) is 0 Å². The Balaban J connectivity index is 1.74. The molecule has 2 aromatic carbocycles. The first kappa shape index (κ1) is 28.2. The van der Waals surface area contributed by atoms with E-state index in [1.165, 1.54) is 28.7 Å². The zero-order chi connectivity index (χ0) is 28.2. The molecule has 0 amide bonds. The fraction of sp³-hybridized carbons (Fsp3) is 0.167. The topological polar surface area (TPSA) is 108 Å². The van der Waals surface area contributed by atoms with Crippen LogP contribution in [0.1, 0.15) is 46.4 Å². The maximum Gasteiger partial charge on any atom is 0.337 e. The van der Waals surface area contributed by atoms with E-state index in [2.05, 4.69) is 11.6 Å². The van der Waals surface area contributed by atoms with E-state index >= 15 is 0 Å². The number of pyridine rings is 1. The number of aliphatic carboxylic acids is 1. The largest absolute Gasteiger partial charge is 0.480 e. The van der Waals surface area contributed by atoms with Crippen LogP contribution in [-0.4, -0.2) is 41.2 Å². The molecule has 2 N–H and O–H groups in total. The highest BCUT2D eigenvalue weighted by Crippen LogP contribution is 2.57. The molecule has 0 spiro atoms. The van der Waals surface area contributed by atoms with Crippen molar-refractivity contribution in [1.82, 2.24) is 9.29 Å². The molecule has 1 aromatic heterocycles. The molecular weight excluding hydrogens is 536 g/mol. The highest BCUT2D eigenvalue weighted by molar-refractivity contribution is 7.82. The molecule has 1 aliphatic carbocycles. The van der Waals surface area contributed by atoms with Gasteiger partial charge in [0.2, 0.25) is 0 Å². The summed E-state index contributed by atoms with van der Waals surface area (Å²) in [6, 6.07) is 19.0. The number of nitrogens with zero attached hydrogens (tertiary/aromatic N) is 2. The molecule has 1 aliphatic rings. The van der Waals surface area contributed by atoms with Gasteiger partial charge in [0.05, 0.1) is 22.7 Å². The van der Waals surface area contributed by atoms with Crippen LogP contribution in [0.4, 0.5) is 0 Å². The number of hydrogen-bond acceptors (Lipinski definition) is 4. The van der Waals surface area contributed by atoms with E-state index in [4.69, 9.17) is 11.6 Å². The number of aromatic nitrogens is 1. The maximum absolute atomic E-state index is 14.1. The van der Waals surface area contributed by atoms with Crippen LogP contribution in [0.5, 0.6) is 0 Å². The van der Waals surface area contributed by atoms with Crippen LogP contribution in [0.25, 0.3) is 5.57 Å². The molecule has 0 aliphatic heterocycles. The maximum atomic E-state index is 14.1. The zero-order valence-corrected chi connectivity index (χ0v) is 22.7. The van der Waals surface area contributed by atoms with Crippen molar-refractivity contribution in [1.29, 1.82) is 0 Å². The lowest BCUT2D eigenvalue weighted by Gasteiger charge is -2.29. The third-order valence-electron chi connectivity index (χ3n) is 6.76. The summed E-state index contributed by atoms with van der Waals surface area (Å²) in [5.74, 6) is -2.75. The molecule has 4 rings (SSSR count). The van der Waals surface area contributed by atoms with Crippen molar-refractivity contribution >= 4 is 40.1 Å². The number of benzene rings is 2. The lowest BCUT2D eigenvalue weighted by atomic mass is 10.1. The van der Waals surface area contributed by atoms with Crippen molar-refractivity contribution in [3.63, 3.8) is 0 Å². The van der Waals surface area contributed by atoms with Gasteiger partial charge in [0.25, 0.3) is 0 Å². The molecule has 3 atom stereocenters. The van der Waals surface area contributed by atoms with E-state index in [9.17, 15) is 24.0 Å². The zero-order valence-electron chi connectivity index (χ0n) is 21.2. The van der Waals surface area contributed by atoms with Gasteiger partial charge in [-0.05, 0) is 60.4 Å². The highest BCUT2D eigenvalue weighted by atomic mass is 35.5. The van der Waals surface area contributed by atoms with Crippen LogP contribution in [0, 0.1) is 0 Å². The standard InChI is InChI=1S/C30H27ClN2O5S/c1-3-23(31)14-11-20(2)21-12-15-24(16-13-21)39(38)33(19-27-25(28(34)35)10-7-17-32-27)30(29(36)37)18-26(30)22-8-5-4-6-9-22/h3-17,26H,1,18-19H2,2H3,(H,34,35)(H,36,37)/b20-11+,23-14+. The van der Waals surface area contributed by atoms with Gasteiger partial charge in [0, 0.05) is 17.1 Å². The molecule has 7 nitrogen and oxygen atoms in total. The van der Waals surface area contributed by atoms with Gasteiger partial charge in [-0.2, -0.15) is 4.31 Å². The van der Waals surface area contributed by atoms with Crippen molar-refractivity contribution in [2.75, 3.05) is 0 Å². The summed E-state index contributed by atoms with van der Waals surface area (Å²) in [5.41, 5.74) is 1.16. The summed E-state index contributed by atoms with van der Waals surface area (Å²) in [5, 5.41) is 20.6.